The average Bonchev–Trinajstić information content (AvgIpc) is 2.81. The molecule has 0 aromatic carbocycles. The predicted molar refractivity (Wildman–Crippen MR) is 74.2 cm³/mol. The lowest BCUT2D eigenvalue weighted by Gasteiger charge is -2.18. The Bertz CT molecular complexity index is 445. The van der Waals surface area contributed by atoms with E-state index in [2.05, 4.69) is 16.0 Å². The van der Waals surface area contributed by atoms with E-state index in [-0.39, 0.29) is 18.0 Å². The van der Waals surface area contributed by atoms with E-state index in [0.717, 1.165) is 18.6 Å². The van der Waals surface area contributed by atoms with Crippen LogP contribution in [0.15, 0.2) is 22.8 Å². The average molecular weight is 279 g/mol. The molecule has 0 saturated carbocycles. The first-order chi connectivity index (χ1) is 9.65. The number of hydrogen-bond acceptors (Lipinski definition) is 3. The maximum atomic E-state index is 11.9. The number of hydrogen-bond donors (Lipinski definition) is 3. The van der Waals surface area contributed by atoms with E-state index in [1.54, 1.807) is 6.26 Å². The van der Waals surface area contributed by atoms with Gasteiger partial charge in [-0.25, -0.2) is 4.79 Å². The van der Waals surface area contributed by atoms with E-state index in [1.165, 1.54) is 0 Å². The molecule has 20 heavy (non-hydrogen) atoms. The Hall–Kier alpha value is -1.98. The quantitative estimate of drug-likeness (QED) is 0.774. The van der Waals surface area contributed by atoms with Crippen LogP contribution in [0, 0.1) is 0 Å². The highest BCUT2D eigenvalue weighted by atomic mass is 16.3. The van der Waals surface area contributed by atoms with Crippen LogP contribution in [0.3, 0.4) is 0 Å². The third-order valence-electron chi connectivity index (χ3n) is 3.31. The largest absolute Gasteiger partial charge is 0.469 e. The van der Waals surface area contributed by atoms with Crippen molar-refractivity contribution in [3.63, 3.8) is 0 Å². The van der Waals surface area contributed by atoms with Crippen LogP contribution in [-0.2, 0) is 11.2 Å². The van der Waals surface area contributed by atoms with E-state index < -0.39 is 6.04 Å². The molecule has 1 aromatic rings. The number of carbonyl (C=O) groups is 2. The van der Waals surface area contributed by atoms with Gasteiger partial charge in [-0.15, -0.1) is 0 Å². The number of rotatable bonds is 4. The minimum absolute atomic E-state index is 0.0602. The SMILES string of the molecule is C[C@H](Cc1ccco1)NC(=O)N[C@H]1CCCCNC1=O. The lowest BCUT2D eigenvalue weighted by Crippen LogP contribution is -2.51. The third kappa shape index (κ3) is 4.29. The molecular weight excluding hydrogens is 258 g/mol. The molecule has 0 radical (unpaired) electrons. The van der Waals surface area contributed by atoms with Gasteiger partial charge in [0.15, 0.2) is 0 Å². The van der Waals surface area contributed by atoms with E-state index in [4.69, 9.17) is 4.42 Å². The van der Waals surface area contributed by atoms with Crippen LogP contribution in [0.4, 0.5) is 4.79 Å². The molecule has 2 rings (SSSR count). The summed E-state index contributed by atoms with van der Waals surface area (Å²) in [6.07, 6.45) is 4.81. The number of nitrogens with one attached hydrogen (secondary N) is 3. The Labute approximate surface area is 118 Å². The highest BCUT2D eigenvalue weighted by molar-refractivity contribution is 5.87. The van der Waals surface area contributed by atoms with Gasteiger partial charge in [-0.1, -0.05) is 0 Å². The summed E-state index contributed by atoms with van der Waals surface area (Å²) in [5.41, 5.74) is 0. The molecule has 3 amide bonds. The molecule has 1 aromatic heterocycles. The summed E-state index contributed by atoms with van der Waals surface area (Å²) in [5, 5.41) is 8.34. The Morgan fingerprint density at radius 1 is 1.55 bits per heavy atom. The van der Waals surface area contributed by atoms with Gasteiger partial charge in [0, 0.05) is 19.0 Å². The van der Waals surface area contributed by atoms with Crippen LogP contribution >= 0.6 is 0 Å². The van der Waals surface area contributed by atoms with Crippen molar-refractivity contribution in [3.05, 3.63) is 24.2 Å². The fourth-order valence-electron chi connectivity index (χ4n) is 2.28. The van der Waals surface area contributed by atoms with E-state index in [0.29, 0.717) is 19.4 Å². The summed E-state index contributed by atoms with van der Waals surface area (Å²) >= 11 is 0. The van der Waals surface area contributed by atoms with Crippen molar-refractivity contribution >= 4 is 11.9 Å². The second-order valence-corrected chi connectivity index (χ2v) is 5.14. The van der Waals surface area contributed by atoms with E-state index in [9.17, 15) is 9.59 Å². The van der Waals surface area contributed by atoms with Gasteiger partial charge in [-0.05, 0) is 38.3 Å². The van der Waals surface area contributed by atoms with Gasteiger partial charge in [-0.3, -0.25) is 4.79 Å². The molecule has 0 bridgehead atoms. The van der Waals surface area contributed by atoms with Crippen LogP contribution in [0.1, 0.15) is 31.9 Å². The zero-order valence-electron chi connectivity index (χ0n) is 11.6. The van der Waals surface area contributed by atoms with Gasteiger partial charge in [0.1, 0.15) is 11.8 Å². The highest BCUT2D eigenvalue weighted by Crippen LogP contribution is 2.06. The zero-order valence-corrected chi connectivity index (χ0v) is 11.6. The summed E-state index contributed by atoms with van der Waals surface area (Å²) in [6, 6.07) is 2.88. The summed E-state index contributed by atoms with van der Waals surface area (Å²) < 4.78 is 5.23. The zero-order chi connectivity index (χ0) is 14.4. The minimum atomic E-state index is -0.437. The summed E-state index contributed by atoms with van der Waals surface area (Å²) in [6.45, 7) is 2.59. The van der Waals surface area contributed by atoms with Crippen LogP contribution in [-0.4, -0.2) is 30.6 Å². The van der Waals surface area contributed by atoms with Crippen molar-refractivity contribution in [2.45, 2.75) is 44.7 Å². The second kappa shape index (κ2) is 6.98. The molecule has 6 nitrogen and oxygen atoms in total. The molecule has 2 heterocycles. The molecule has 0 aliphatic carbocycles. The fraction of sp³-hybridized carbons (Fsp3) is 0.571. The number of amides is 3. The monoisotopic (exact) mass is 279 g/mol. The minimum Gasteiger partial charge on any atom is -0.469 e. The van der Waals surface area contributed by atoms with Gasteiger partial charge in [0.05, 0.1) is 6.26 Å². The molecule has 0 spiro atoms. The standard InChI is InChI=1S/C14H21N3O3/c1-10(9-11-5-4-8-20-11)16-14(19)17-12-6-2-3-7-15-13(12)18/h4-5,8,10,12H,2-3,6-7,9H2,1H3,(H,15,18)(H2,16,17,19)/t10-,12+/m1/s1. The summed E-state index contributed by atoms with van der Waals surface area (Å²) in [4.78, 5) is 23.6. The summed E-state index contributed by atoms with van der Waals surface area (Å²) in [7, 11) is 0. The Balaban J connectivity index is 1.77. The molecule has 110 valence electrons. The molecule has 1 saturated heterocycles. The van der Waals surface area contributed by atoms with Crippen molar-refractivity contribution in [3.8, 4) is 0 Å². The van der Waals surface area contributed by atoms with Gasteiger partial charge in [0.2, 0.25) is 5.91 Å². The smallest absolute Gasteiger partial charge is 0.315 e. The predicted octanol–water partition coefficient (Wildman–Crippen LogP) is 1.18. The van der Waals surface area contributed by atoms with Gasteiger partial charge in [-0.2, -0.15) is 0 Å². The van der Waals surface area contributed by atoms with Crippen molar-refractivity contribution in [1.29, 1.82) is 0 Å². The maximum Gasteiger partial charge on any atom is 0.315 e. The lowest BCUT2D eigenvalue weighted by atomic mass is 10.1. The van der Waals surface area contributed by atoms with Crippen molar-refractivity contribution in [2.24, 2.45) is 0 Å². The first-order valence-corrected chi connectivity index (χ1v) is 7.02. The van der Waals surface area contributed by atoms with Crippen molar-refractivity contribution in [1.82, 2.24) is 16.0 Å². The van der Waals surface area contributed by atoms with Crippen LogP contribution in [0.25, 0.3) is 0 Å². The fourth-order valence-corrected chi connectivity index (χ4v) is 2.28. The van der Waals surface area contributed by atoms with E-state index >= 15 is 0 Å². The Kier molecular flexibility index (Phi) is 5.03. The third-order valence-corrected chi connectivity index (χ3v) is 3.31. The first kappa shape index (κ1) is 14.4. The molecule has 1 aliphatic rings. The van der Waals surface area contributed by atoms with Crippen LogP contribution in [0.2, 0.25) is 0 Å². The number of carbonyl (C=O) groups excluding carboxylic acids is 2. The second-order valence-electron chi connectivity index (χ2n) is 5.14. The molecule has 3 N–H and O–H groups in total. The molecular formula is C14H21N3O3. The Morgan fingerprint density at radius 2 is 2.40 bits per heavy atom. The number of urea groups is 1. The Morgan fingerprint density at radius 3 is 3.15 bits per heavy atom. The molecule has 0 unspecified atom stereocenters. The molecule has 1 fully saturated rings. The normalized spacial score (nSPS) is 20.6. The van der Waals surface area contributed by atoms with Crippen molar-refractivity contribution in [2.75, 3.05) is 6.54 Å². The molecule has 2 atom stereocenters. The topological polar surface area (TPSA) is 83.4 Å². The molecule has 6 heteroatoms. The van der Waals surface area contributed by atoms with E-state index in [1.807, 2.05) is 19.1 Å². The van der Waals surface area contributed by atoms with Crippen molar-refractivity contribution < 1.29 is 14.0 Å². The molecule has 1 aliphatic heterocycles. The van der Waals surface area contributed by atoms with Gasteiger partial charge < -0.3 is 20.4 Å². The van der Waals surface area contributed by atoms with Crippen LogP contribution < -0.4 is 16.0 Å². The van der Waals surface area contributed by atoms with Crippen LogP contribution in [0.5, 0.6) is 0 Å². The lowest BCUT2D eigenvalue weighted by molar-refractivity contribution is -0.122. The highest BCUT2D eigenvalue weighted by Gasteiger charge is 2.22. The summed E-state index contributed by atoms with van der Waals surface area (Å²) in [5.74, 6) is 0.723. The first-order valence-electron chi connectivity index (χ1n) is 7.02. The maximum absolute atomic E-state index is 11.9. The van der Waals surface area contributed by atoms with Gasteiger partial charge in [0.25, 0.3) is 0 Å². The number of furan rings is 1. The van der Waals surface area contributed by atoms with Gasteiger partial charge >= 0.3 is 6.03 Å².